The molecule has 0 aliphatic heterocycles. The van der Waals surface area contributed by atoms with E-state index in [0.717, 1.165) is 48.6 Å². The molecule has 5 heteroatoms. The maximum Gasteiger partial charge on any atom is 0.178 e. The van der Waals surface area contributed by atoms with Gasteiger partial charge in [-0.25, -0.2) is 9.97 Å². The van der Waals surface area contributed by atoms with E-state index in [4.69, 9.17) is 4.98 Å². The molecule has 1 aromatic carbocycles. The molecule has 158 valence electrons. The average molecular weight is 405 g/mol. The number of imidazole rings is 2. The van der Waals surface area contributed by atoms with Crippen LogP contribution in [0.5, 0.6) is 0 Å². The molecular weight excluding hydrogens is 372 g/mol. The van der Waals surface area contributed by atoms with Crippen molar-refractivity contribution >= 4 is 29.0 Å². The zero-order valence-electron chi connectivity index (χ0n) is 18.5. The number of aromatic nitrogens is 4. The fourth-order valence-electron chi connectivity index (χ4n) is 3.28. The van der Waals surface area contributed by atoms with Gasteiger partial charge in [-0.2, -0.15) is 0 Å². The molecule has 0 saturated carbocycles. The fraction of sp³-hybridized carbons (Fsp3) is 0.400. The fourth-order valence-corrected chi connectivity index (χ4v) is 3.28. The summed E-state index contributed by atoms with van der Waals surface area (Å²) in [5.41, 5.74) is 2.06. The number of carbonyl (C=O) groups excluding carboxylic acids is 1. The molecule has 3 aromatic rings. The van der Waals surface area contributed by atoms with Crippen molar-refractivity contribution in [2.75, 3.05) is 0 Å². The molecule has 0 fully saturated rings. The maximum absolute atomic E-state index is 12.4. The first-order valence-corrected chi connectivity index (χ1v) is 10.8. The molecule has 0 aliphatic rings. The normalized spacial score (nSPS) is 12.3. The predicted molar refractivity (Wildman–Crippen MR) is 124 cm³/mol. The van der Waals surface area contributed by atoms with Gasteiger partial charge in [0.25, 0.3) is 0 Å². The molecule has 0 unspecified atom stereocenters. The van der Waals surface area contributed by atoms with Gasteiger partial charge < -0.3 is 9.13 Å². The van der Waals surface area contributed by atoms with Crippen LogP contribution in [-0.2, 0) is 17.9 Å². The highest BCUT2D eigenvalue weighted by molar-refractivity contribution is 6.04. The second kappa shape index (κ2) is 10.2. The van der Waals surface area contributed by atoms with E-state index in [2.05, 4.69) is 47.9 Å². The Balaban J connectivity index is 1.73. The molecule has 0 spiro atoms. The summed E-state index contributed by atoms with van der Waals surface area (Å²) in [7, 11) is 0. The Labute approximate surface area is 179 Å². The summed E-state index contributed by atoms with van der Waals surface area (Å²) < 4.78 is 4.28. The SMILES string of the molecule is CC(C)CCn1ccnc1/C=C/C(=O)/C=C/c1nc2ccccc2n1CCC(C)C. The summed E-state index contributed by atoms with van der Waals surface area (Å²) in [6.45, 7) is 10.6. The molecule has 2 heterocycles. The topological polar surface area (TPSA) is 52.7 Å². The number of hydrogen-bond acceptors (Lipinski definition) is 3. The van der Waals surface area contributed by atoms with Crippen molar-refractivity contribution < 1.29 is 4.79 Å². The largest absolute Gasteiger partial charge is 0.331 e. The number of nitrogens with zero attached hydrogens (tertiary/aromatic N) is 4. The molecule has 3 rings (SSSR count). The van der Waals surface area contributed by atoms with Crippen molar-refractivity contribution in [3.05, 3.63) is 60.5 Å². The number of para-hydroxylation sites is 2. The van der Waals surface area contributed by atoms with E-state index in [-0.39, 0.29) is 5.78 Å². The lowest BCUT2D eigenvalue weighted by molar-refractivity contribution is -0.110. The number of rotatable bonds is 10. The van der Waals surface area contributed by atoms with Crippen LogP contribution in [0.4, 0.5) is 0 Å². The van der Waals surface area contributed by atoms with Gasteiger partial charge in [0, 0.05) is 25.5 Å². The van der Waals surface area contributed by atoms with E-state index >= 15 is 0 Å². The first-order valence-electron chi connectivity index (χ1n) is 10.8. The minimum Gasteiger partial charge on any atom is -0.331 e. The van der Waals surface area contributed by atoms with Crippen LogP contribution in [-0.4, -0.2) is 24.9 Å². The zero-order chi connectivity index (χ0) is 21.5. The Hall–Kier alpha value is -2.95. The van der Waals surface area contributed by atoms with Crippen LogP contribution < -0.4 is 0 Å². The molecule has 0 amide bonds. The van der Waals surface area contributed by atoms with Gasteiger partial charge in [0.05, 0.1) is 11.0 Å². The molecule has 0 aliphatic carbocycles. The van der Waals surface area contributed by atoms with Crippen LogP contribution in [0.1, 0.15) is 52.2 Å². The summed E-state index contributed by atoms with van der Waals surface area (Å²) in [5, 5.41) is 0. The lowest BCUT2D eigenvalue weighted by Gasteiger charge is -2.09. The summed E-state index contributed by atoms with van der Waals surface area (Å²) in [6.07, 6.45) is 12.6. The number of allylic oxidation sites excluding steroid dienone is 2. The second-order valence-electron chi connectivity index (χ2n) is 8.52. The van der Waals surface area contributed by atoms with Gasteiger partial charge in [-0.15, -0.1) is 0 Å². The van der Waals surface area contributed by atoms with Gasteiger partial charge in [-0.3, -0.25) is 4.79 Å². The molecule has 2 aromatic heterocycles. The number of carbonyl (C=O) groups is 1. The number of benzene rings is 1. The Kier molecular flexibility index (Phi) is 7.39. The molecule has 0 radical (unpaired) electrons. The van der Waals surface area contributed by atoms with Crippen LogP contribution in [0.2, 0.25) is 0 Å². The molecule has 30 heavy (non-hydrogen) atoms. The third-order valence-corrected chi connectivity index (χ3v) is 5.10. The van der Waals surface area contributed by atoms with Crippen LogP contribution in [0.15, 0.2) is 48.8 Å². The second-order valence-corrected chi connectivity index (χ2v) is 8.52. The minimum absolute atomic E-state index is 0.0733. The van der Waals surface area contributed by atoms with Crippen LogP contribution in [0, 0.1) is 11.8 Å². The van der Waals surface area contributed by atoms with Gasteiger partial charge >= 0.3 is 0 Å². The maximum atomic E-state index is 12.4. The third-order valence-electron chi connectivity index (χ3n) is 5.10. The average Bonchev–Trinajstić information content (AvgIpc) is 3.31. The Morgan fingerprint density at radius 1 is 0.967 bits per heavy atom. The van der Waals surface area contributed by atoms with Crippen molar-refractivity contribution in [3.8, 4) is 0 Å². The summed E-state index contributed by atoms with van der Waals surface area (Å²) in [4.78, 5) is 21.5. The Bertz CT molecular complexity index is 1040. The standard InChI is InChI=1S/C25H32N4O/c1-19(2)13-16-28-18-15-26-24(28)11-9-21(30)10-12-25-27-22-7-5-6-8-23(22)29(25)17-14-20(3)4/h5-12,15,18-20H,13-14,16-17H2,1-4H3/b11-9+,12-10+. The number of ketones is 1. The molecule has 0 atom stereocenters. The zero-order valence-corrected chi connectivity index (χ0v) is 18.5. The van der Waals surface area contributed by atoms with Gasteiger partial charge in [0.15, 0.2) is 5.78 Å². The number of aryl methyl sites for hydroxylation is 2. The highest BCUT2D eigenvalue weighted by Gasteiger charge is 2.09. The lowest BCUT2D eigenvalue weighted by atomic mass is 10.1. The third kappa shape index (κ3) is 5.78. The predicted octanol–water partition coefficient (Wildman–Crippen LogP) is 5.62. The Morgan fingerprint density at radius 3 is 2.37 bits per heavy atom. The van der Waals surface area contributed by atoms with Crippen molar-refractivity contribution in [2.24, 2.45) is 11.8 Å². The van der Waals surface area contributed by atoms with E-state index in [1.165, 1.54) is 0 Å². The van der Waals surface area contributed by atoms with E-state index < -0.39 is 0 Å². The lowest BCUT2D eigenvalue weighted by Crippen LogP contribution is -2.04. The van der Waals surface area contributed by atoms with E-state index in [9.17, 15) is 4.79 Å². The van der Waals surface area contributed by atoms with E-state index in [1.807, 2.05) is 30.5 Å². The quantitative estimate of drug-likeness (QED) is 0.412. The highest BCUT2D eigenvalue weighted by Crippen LogP contribution is 2.19. The Morgan fingerprint density at radius 2 is 1.63 bits per heavy atom. The molecule has 5 nitrogen and oxygen atoms in total. The number of fused-ring (bicyclic) bond motifs is 1. The van der Waals surface area contributed by atoms with Crippen LogP contribution >= 0.6 is 0 Å². The molecule has 0 saturated heterocycles. The molecule has 0 bridgehead atoms. The molecule has 0 N–H and O–H groups in total. The van der Waals surface area contributed by atoms with E-state index in [0.29, 0.717) is 11.8 Å². The first kappa shape index (κ1) is 21.8. The van der Waals surface area contributed by atoms with Crippen molar-refractivity contribution in [1.82, 2.24) is 19.1 Å². The summed E-state index contributed by atoms with van der Waals surface area (Å²) in [5.74, 6) is 2.78. The van der Waals surface area contributed by atoms with Crippen molar-refractivity contribution in [1.29, 1.82) is 0 Å². The van der Waals surface area contributed by atoms with Crippen LogP contribution in [0.3, 0.4) is 0 Å². The minimum atomic E-state index is -0.0733. The smallest absolute Gasteiger partial charge is 0.178 e. The monoisotopic (exact) mass is 404 g/mol. The van der Waals surface area contributed by atoms with Gasteiger partial charge in [-0.1, -0.05) is 39.8 Å². The van der Waals surface area contributed by atoms with Crippen molar-refractivity contribution in [2.45, 2.75) is 53.6 Å². The van der Waals surface area contributed by atoms with Crippen LogP contribution in [0.25, 0.3) is 23.2 Å². The van der Waals surface area contributed by atoms with Crippen molar-refractivity contribution in [3.63, 3.8) is 0 Å². The first-order chi connectivity index (χ1) is 14.4. The van der Waals surface area contributed by atoms with E-state index in [1.54, 1.807) is 24.4 Å². The van der Waals surface area contributed by atoms with Gasteiger partial charge in [0.1, 0.15) is 11.6 Å². The number of hydrogen-bond donors (Lipinski definition) is 0. The summed E-state index contributed by atoms with van der Waals surface area (Å²) >= 11 is 0. The highest BCUT2D eigenvalue weighted by atomic mass is 16.1. The summed E-state index contributed by atoms with van der Waals surface area (Å²) in [6, 6.07) is 8.11. The van der Waals surface area contributed by atoms with Gasteiger partial charge in [-0.05, 0) is 61.1 Å². The molecular formula is C25H32N4O. The van der Waals surface area contributed by atoms with Gasteiger partial charge in [0.2, 0.25) is 0 Å².